The third kappa shape index (κ3) is 6.37. The molecule has 1 amide bonds. The summed E-state index contributed by atoms with van der Waals surface area (Å²) in [6, 6.07) is 17.1. The van der Waals surface area contributed by atoms with E-state index in [1.165, 1.54) is 22.9 Å². The van der Waals surface area contributed by atoms with E-state index in [4.69, 9.17) is 16.3 Å². The molecule has 0 fully saturated rings. The highest BCUT2D eigenvalue weighted by atomic mass is 35.5. The number of halogens is 1. The summed E-state index contributed by atoms with van der Waals surface area (Å²) in [6.07, 6.45) is 0. The Hall–Kier alpha value is -2.77. The standard InChI is InChI=1S/C21H21ClN4O2S/c1-14-3-5-15(6-4-14)12-23-19-9-10-21(26-25-19)29-13-20(27)24-16-7-8-18(28-2)17(22)11-16/h3-11H,12-13H2,1-2H3,(H,23,25)(H,24,27). The van der Waals surface area contributed by atoms with Crippen LogP contribution in [-0.2, 0) is 11.3 Å². The predicted octanol–water partition coefficient (Wildman–Crippen LogP) is 4.79. The fourth-order valence-electron chi connectivity index (χ4n) is 2.47. The molecule has 29 heavy (non-hydrogen) atoms. The summed E-state index contributed by atoms with van der Waals surface area (Å²) in [5.41, 5.74) is 3.02. The average Bonchev–Trinajstić information content (AvgIpc) is 2.73. The molecule has 0 aliphatic carbocycles. The zero-order valence-corrected chi connectivity index (χ0v) is 17.7. The van der Waals surface area contributed by atoms with Crippen molar-refractivity contribution in [3.05, 3.63) is 70.7 Å². The molecule has 0 saturated carbocycles. The Kier molecular flexibility index (Phi) is 7.32. The third-order valence-electron chi connectivity index (χ3n) is 4.02. The number of methoxy groups -OCH3 is 1. The lowest BCUT2D eigenvalue weighted by atomic mass is 10.1. The van der Waals surface area contributed by atoms with Crippen molar-refractivity contribution in [3.8, 4) is 5.75 Å². The van der Waals surface area contributed by atoms with Crippen LogP contribution in [0.4, 0.5) is 11.5 Å². The number of benzene rings is 2. The van der Waals surface area contributed by atoms with Crippen LogP contribution in [-0.4, -0.2) is 29.0 Å². The highest BCUT2D eigenvalue weighted by Crippen LogP contribution is 2.27. The smallest absolute Gasteiger partial charge is 0.234 e. The number of aromatic nitrogens is 2. The number of thioether (sulfide) groups is 1. The average molecular weight is 429 g/mol. The SMILES string of the molecule is COc1ccc(NC(=O)CSc2ccc(NCc3ccc(C)cc3)nn2)cc1Cl. The van der Waals surface area contributed by atoms with Gasteiger partial charge in [0.1, 0.15) is 16.6 Å². The number of anilines is 2. The van der Waals surface area contributed by atoms with Gasteiger partial charge in [-0.2, -0.15) is 0 Å². The van der Waals surface area contributed by atoms with Crippen LogP contribution >= 0.6 is 23.4 Å². The number of ether oxygens (including phenoxy) is 1. The fraction of sp³-hybridized carbons (Fsp3) is 0.190. The van der Waals surface area contributed by atoms with Crippen LogP contribution in [0.2, 0.25) is 5.02 Å². The maximum Gasteiger partial charge on any atom is 0.234 e. The van der Waals surface area contributed by atoms with Gasteiger partial charge < -0.3 is 15.4 Å². The van der Waals surface area contributed by atoms with Crippen molar-refractivity contribution >= 4 is 40.8 Å². The van der Waals surface area contributed by atoms with Crippen LogP contribution < -0.4 is 15.4 Å². The van der Waals surface area contributed by atoms with Crippen molar-refractivity contribution in [3.63, 3.8) is 0 Å². The monoisotopic (exact) mass is 428 g/mol. The molecule has 6 nitrogen and oxygen atoms in total. The number of nitrogens with one attached hydrogen (secondary N) is 2. The first kappa shape index (κ1) is 21.0. The number of aryl methyl sites for hydroxylation is 1. The van der Waals surface area contributed by atoms with E-state index in [0.29, 0.717) is 33.8 Å². The number of carbonyl (C=O) groups excluding carboxylic acids is 1. The topological polar surface area (TPSA) is 76.1 Å². The minimum absolute atomic E-state index is 0.153. The summed E-state index contributed by atoms with van der Waals surface area (Å²) in [7, 11) is 1.54. The van der Waals surface area contributed by atoms with Gasteiger partial charge in [0.05, 0.1) is 17.9 Å². The van der Waals surface area contributed by atoms with E-state index in [0.717, 1.165) is 0 Å². The van der Waals surface area contributed by atoms with Gasteiger partial charge in [0, 0.05) is 12.2 Å². The molecule has 0 aliphatic heterocycles. The van der Waals surface area contributed by atoms with Crippen LogP contribution in [0.25, 0.3) is 0 Å². The molecular formula is C21H21ClN4O2S. The summed E-state index contributed by atoms with van der Waals surface area (Å²) >= 11 is 7.38. The minimum Gasteiger partial charge on any atom is -0.495 e. The van der Waals surface area contributed by atoms with E-state index in [9.17, 15) is 4.79 Å². The van der Waals surface area contributed by atoms with Crippen LogP contribution in [0, 0.1) is 6.92 Å². The lowest BCUT2D eigenvalue weighted by Crippen LogP contribution is -2.14. The zero-order chi connectivity index (χ0) is 20.6. The third-order valence-corrected chi connectivity index (χ3v) is 5.24. The molecule has 0 atom stereocenters. The number of hydrogen-bond acceptors (Lipinski definition) is 6. The van der Waals surface area contributed by atoms with Gasteiger partial charge in [0.25, 0.3) is 0 Å². The van der Waals surface area contributed by atoms with Gasteiger partial charge in [-0.3, -0.25) is 4.79 Å². The molecule has 8 heteroatoms. The molecule has 1 aromatic heterocycles. The van der Waals surface area contributed by atoms with Gasteiger partial charge in [-0.1, -0.05) is 53.2 Å². The van der Waals surface area contributed by atoms with Crippen molar-refractivity contribution in [1.82, 2.24) is 10.2 Å². The summed E-state index contributed by atoms with van der Waals surface area (Å²) < 4.78 is 5.10. The molecular weight excluding hydrogens is 408 g/mol. The number of hydrogen-bond donors (Lipinski definition) is 2. The molecule has 150 valence electrons. The van der Waals surface area contributed by atoms with Gasteiger partial charge in [0.15, 0.2) is 0 Å². The highest BCUT2D eigenvalue weighted by Gasteiger charge is 2.08. The van der Waals surface area contributed by atoms with Crippen molar-refractivity contribution < 1.29 is 9.53 Å². The normalized spacial score (nSPS) is 10.4. The Bertz CT molecular complexity index is 965. The molecule has 1 heterocycles. The largest absolute Gasteiger partial charge is 0.495 e. The van der Waals surface area contributed by atoms with Gasteiger partial charge in [-0.25, -0.2) is 0 Å². The van der Waals surface area contributed by atoms with E-state index in [-0.39, 0.29) is 11.7 Å². The van der Waals surface area contributed by atoms with Gasteiger partial charge in [0.2, 0.25) is 5.91 Å². The Morgan fingerprint density at radius 1 is 1.10 bits per heavy atom. The lowest BCUT2D eigenvalue weighted by Gasteiger charge is -2.08. The molecule has 3 aromatic rings. The summed E-state index contributed by atoms with van der Waals surface area (Å²) in [4.78, 5) is 12.1. The van der Waals surface area contributed by atoms with Crippen molar-refractivity contribution in [2.75, 3.05) is 23.5 Å². The fourth-order valence-corrected chi connectivity index (χ4v) is 3.34. The first-order valence-corrected chi connectivity index (χ1v) is 10.3. The Morgan fingerprint density at radius 3 is 2.55 bits per heavy atom. The Labute approximate surface area is 179 Å². The van der Waals surface area contributed by atoms with E-state index in [1.807, 2.05) is 12.1 Å². The van der Waals surface area contributed by atoms with E-state index < -0.39 is 0 Å². The van der Waals surface area contributed by atoms with E-state index in [2.05, 4.69) is 52.0 Å². The van der Waals surface area contributed by atoms with Gasteiger partial charge in [-0.15, -0.1) is 10.2 Å². The lowest BCUT2D eigenvalue weighted by molar-refractivity contribution is -0.113. The molecule has 0 unspecified atom stereocenters. The summed E-state index contributed by atoms with van der Waals surface area (Å²) in [5.74, 6) is 1.31. The molecule has 0 aliphatic rings. The second-order valence-electron chi connectivity index (χ2n) is 6.28. The summed E-state index contributed by atoms with van der Waals surface area (Å²) in [6.45, 7) is 2.74. The Balaban J connectivity index is 1.46. The number of amides is 1. The first-order valence-electron chi connectivity index (χ1n) is 8.93. The molecule has 0 spiro atoms. The number of nitrogens with zero attached hydrogens (tertiary/aromatic N) is 2. The first-order chi connectivity index (χ1) is 14.0. The van der Waals surface area contributed by atoms with Crippen LogP contribution in [0.15, 0.2) is 59.6 Å². The van der Waals surface area contributed by atoms with Crippen LogP contribution in [0.1, 0.15) is 11.1 Å². The second-order valence-corrected chi connectivity index (χ2v) is 7.68. The highest BCUT2D eigenvalue weighted by molar-refractivity contribution is 7.99. The van der Waals surface area contributed by atoms with Crippen LogP contribution in [0.3, 0.4) is 0 Å². The van der Waals surface area contributed by atoms with Crippen molar-refractivity contribution in [2.45, 2.75) is 18.5 Å². The molecule has 0 saturated heterocycles. The van der Waals surface area contributed by atoms with E-state index >= 15 is 0 Å². The predicted molar refractivity (Wildman–Crippen MR) is 118 cm³/mol. The minimum atomic E-state index is -0.153. The summed E-state index contributed by atoms with van der Waals surface area (Å²) in [5, 5.41) is 15.5. The number of carbonyl (C=O) groups is 1. The Morgan fingerprint density at radius 2 is 1.90 bits per heavy atom. The van der Waals surface area contributed by atoms with Crippen LogP contribution in [0.5, 0.6) is 5.75 Å². The zero-order valence-electron chi connectivity index (χ0n) is 16.1. The second kappa shape index (κ2) is 10.1. The number of rotatable bonds is 8. The quantitative estimate of drug-likeness (QED) is 0.502. The maximum absolute atomic E-state index is 12.1. The van der Waals surface area contributed by atoms with Crippen molar-refractivity contribution in [2.24, 2.45) is 0 Å². The van der Waals surface area contributed by atoms with Crippen molar-refractivity contribution in [1.29, 1.82) is 0 Å². The molecule has 3 rings (SSSR count). The molecule has 2 N–H and O–H groups in total. The molecule has 0 radical (unpaired) electrons. The van der Waals surface area contributed by atoms with E-state index in [1.54, 1.807) is 25.3 Å². The maximum atomic E-state index is 12.1. The molecule has 0 bridgehead atoms. The van der Waals surface area contributed by atoms with Gasteiger partial charge in [-0.05, 0) is 42.8 Å². The molecule has 2 aromatic carbocycles. The van der Waals surface area contributed by atoms with Gasteiger partial charge >= 0.3 is 0 Å².